The van der Waals surface area contributed by atoms with Crippen LogP contribution in [0.25, 0.3) is 0 Å². The molecule has 0 unspecified atom stereocenters. The Morgan fingerprint density at radius 2 is 0.725 bits per heavy atom. The molecule has 0 radical (unpaired) electrons. The van der Waals surface area contributed by atoms with E-state index in [0.29, 0.717) is 6.54 Å². The average Bonchev–Trinajstić information content (AvgIpc) is 2.93. The van der Waals surface area contributed by atoms with Crippen molar-refractivity contribution in [1.29, 1.82) is 0 Å². The van der Waals surface area contributed by atoms with Crippen molar-refractivity contribution in [1.82, 2.24) is 0 Å². The monoisotopic (exact) mass is 594 g/mol. The SMILES string of the molecule is CCCCCCCCCCCCCC[N+](C)(CCCCCCCCCCCCCC)C[C@@H](O)[C@H](O)[C@H](O)CO.[Cl-]. The van der Waals surface area contributed by atoms with Gasteiger partial charge in [-0.15, -0.1) is 0 Å². The summed E-state index contributed by atoms with van der Waals surface area (Å²) in [6, 6.07) is 0. The van der Waals surface area contributed by atoms with Gasteiger partial charge in [0, 0.05) is 0 Å². The van der Waals surface area contributed by atoms with E-state index in [-0.39, 0.29) is 12.4 Å². The van der Waals surface area contributed by atoms with E-state index in [1.54, 1.807) is 0 Å². The van der Waals surface area contributed by atoms with Crippen molar-refractivity contribution in [2.45, 2.75) is 186 Å². The van der Waals surface area contributed by atoms with E-state index in [1.807, 2.05) is 0 Å². The summed E-state index contributed by atoms with van der Waals surface area (Å²) in [7, 11) is 2.19. The first-order chi connectivity index (χ1) is 18.9. The molecule has 0 aromatic rings. The second kappa shape index (κ2) is 30.5. The minimum Gasteiger partial charge on any atom is -1.00 e. The molecule has 0 rings (SSSR count). The molecule has 244 valence electrons. The lowest BCUT2D eigenvalue weighted by atomic mass is 10.0. The molecule has 0 aliphatic heterocycles. The highest BCUT2D eigenvalue weighted by atomic mass is 35.5. The predicted molar refractivity (Wildman–Crippen MR) is 168 cm³/mol. The van der Waals surface area contributed by atoms with Crippen LogP contribution in [0.4, 0.5) is 0 Å². The van der Waals surface area contributed by atoms with Crippen LogP contribution in [0.1, 0.15) is 168 Å². The average molecular weight is 594 g/mol. The Balaban J connectivity index is 0. The minimum absolute atomic E-state index is 0. The van der Waals surface area contributed by atoms with E-state index in [2.05, 4.69) is 20.9 Å². The highest BCUT2D eigenvalue weighted by Gasteiger charge is 2.32. The van der Waals surface area contributed by atoms with Crippen LogP contribution in [0.15, 0.2) is 0 Å². The van der Waals surface area contributed by atoms with Gasteiger partial charge in [0.15, 0.2) is 0 Å². The molecule has 0 aliphatic carbocycles. The summed E-state index contributed by atoms with van der Waals surface area (Å²) < 4.78 is 0.728. The second-order valence-electron chi connectivity index (χ2n) is 12.8. The highest BCUT2D eigenvalue weighted by Crippen LogP contribution is 2.18. The lowest BCUT2D eigenvalue weighted by Crippen LogP contribution is -3.00. The van der Waals surface area contributed by atoms with E-state index in [0.717, 1.165) is 30.4 Å². The lowest BCUT2D eigenvalue weighted by molar-refractivity contribution is -0.913. The zero-order valence-corrected chi connectivity index (χ0v) is 27.9. The molecule has 0 aliphatic rings. The van der Waals surface area contributed by atoms with Gasteiger partial charge in [-0.2, -0.15) is 0 Å². The predicted octanol–water partition coefficient (Wildman–Crippen LogP) is 4.91. The van der Waals surface area contributed by atoms with Gasteiger partial charge in [0.2, 0.25) is 0 Å². The first-order valence-corrected chi connectivity index (χ1v) is 17.4. The highest BCUT2D eigenvalue weighted by molar-refractivity contribution is 4.74. The molecule has 0 spiro atoms. The molecular weight excluding hydrogens is 522 g/mol. The third-order valence-electron chi connectivity index (χ3n) is 8.71. The fraction of sp³-hybridized carbons (Fsp3) is 1.00. The number of aliphatic hydroxyl groups excluding tert-OH is 4. The Labute approximate surface area is 256 Å². The fourth-order valence-corrected chi connectivity index (χ4v) is 5.89. The summed E-state index contributed by atoms with van der Waals surface area (Å²) in [5.74, 6) is 0. The van der Waals surface area contributed by atoms with Gasteiger partial charge >= 0.3 is 0 Å². The van der Waals surface area contributed by atoms with E-state index in [9.17, 15) is 20.4 Å². The second-order valence-corrected chi connectivity index (χ2v) is 12.8. The number of aliphatic hydroxyl groups is 4. The van der Waals surface area contributed by atoms with E-state index in [4.69, 9.17) is 0 Å². The maximum atomic E-state index is 10.6. The number of hydrogen-bond acceptors (Lipinski definition) is 4. The first-order valence-electron chi connectivity index (χ1n) is 17.4. The molecule has 0 fully saturated rings. The van der Waals surface area contributed by atoms with Crippen LogP contribution in [0.2, 0.25) is 0 Å². The third-order valence-corrected chi connectivity index (χ3v) is 8.71. The number of hydrogen-bond donors (Lipinski definition) is 4. The van der Waals surface area contributed by atoms with Gasteiger partial charge < -0.3 is 37.3 Å². The van der Waals surface area contributed by atoms with Gasteiger partial charge in [0.05, 0.1) is 26.7 Å². The van der Waals surface area contributed by atoms with Crippen molar-refractivity contribution < 1.29 is 37.3 Å². The fourth-order valence-electron chi connectivity index (χ4n) is 5.89. The van der Waals surface area contributed by atoms with Crippen molar-refractivity contribution in [2.24, 2.45) is 0 Å². The molecule has 0 aromatic heterocycles. The number of likely N-dealkylation sites (N-methyl/N-ethyl adjacent to an activating group) is 1. The van der Waals surface area contributed by atoms with Gasteiger partial charge in [-0.3, -0.25) is 0 Å². The summed E-state index contributed by atoms with van der Waals surface area (Å²) >= 11 is 0. The lowest BCUT2D eigenvalue weighted by Gasteiger charge is -2.38. The normalized spacial score (nSPS) is 14.2. The topological polar surface area (TPSA) is 80.9 Å². The molecule has 6 heteroatoms. The van der Waals surface area contributed by atoms with Crippen LogP contribution in [0.3, 0.4) is 0 Å². The number of halogens is 1. The third kappa shape index (κ3) is 25.8. The van der Waals surface area contributed by atoms with Crippen LogP contribution in [0, 0.1) is 0 Å². The molecule has 0 heterocycles. The van der Waals surface area contributed by atoms with Crippen LogP contribution < -0.4 is 12.4 Å². The Bertz CT molecular complexity index is 469. The Kier molecular flexibility index (Phi) is 32.2. The van der Waals surface area contributed by atoms with E-state index < -0.39 is 24.9 Å². The van der Waals surface area contributed by atoms with Gasteiger partial charge in [-0.05, 0) is 25.7 Å². The largest absolute Gasteiger partial charge is 1.00 e. The smallest absolute Gasteiger partial charge is 0.131 e. The summed E-state index contributed by atoms with van der Waals surface area (Å²) in [5, 5.41) is 39.8. The van der Waals surface area contributed by atoms with Crippen molar-refractivity contribution >= 4 is 0 Å². The molecule has 0 bridgehead atoms. The van der Waals surface area contributed by atoms with Gasteiger partial charge in [-0.1, -0.05) is 142 Å². The number of rotatable bonds is 31. The number of quaternary nitrogens is 1. The van der Waals surface area contributed by atoms with Gasteiger partial charge in [-0.25, -0.2) is 0 Å². The summed E-state index contributed by atoms with van der Waals surface area (Å²) in [5.41, 5.74) is 0. The number of unbranched alkanes of at least 4 members (excludes halogenated alkanes) is 22. The quantitative estimate of drug-likeness (QED) is 0.0680. The molecule has 40 heavy (non-hydrogen) atoms. The maximum Gasteiger partial charge on any atom is 0.131 e. The van der Waals surface area contributed by atoms with Crippen LogP contribution >= 0.6 is 0 Å². The maximum absolute atomic E-state index is 10.6. The van der Waals surface area contributed by atoms with Gasteiger partial charge in [0.25, 0.3) is 0 Å². The Morgan fingerprint density at radius 3 is 1.00 bits per heavy atom. The van der Waals surface area contributed by atoms with E-state index >= 15 is 0 Å². The van der Waals surface area contributed by atoms with Crippen molar-refractivity contribution in [2.75, 3.05) is 33.3 Å². The molecular formula is C34H72ClNO4. The first kappa shape index (κ1) is 42.2. The number of nitrogens with zero attached hydrogens (tertiary/aromatic N) is 1. The molecule has 3 atom stereocenters. The molecule has 4 N–H and O–H groups in total. The van der Waals surface area contributed by atoms with Crippen LogP contribution in [0.5, 0.6) is 0 Å². The minimum atomic E-state index is -1.30. The molecule has 0 saturated heterocycles. The Morgan fingerprint density at radius 1 is 0.450 bits per heavy atom. The van der Waals surface area contributed by atoms with Crippen molar-refractivity contribution in [3.8, 4) is 0 Å². The molecule has 0 amide bonds. The van der Waals surface area contributed by atoms with E-state index in [1.165, 1.54) is 141 Å². The zero-order chi connectivity index (χ0) is 29.0. The van der Waals surface area contributed by atoms with Gasteiger partial charge in [0.1, 0.15) is 24.9 Å². The van der Waals surface area contributed by atoms with Crippen LogP contribution in [-0.4, -0.2) is 76.5 Å². The molecule has 5 nitrogen and oxygen atoms in total. The van der Waals surface area contributed by atoms with Crippen molar-refractivity contribution in [3.05, 3.63) is 0 Å². The standard InChI is InChI=1S/C34H72NO4.ClH/c1-4-6-8-10-12-14-16-18-20-22-24-26-28-35(3,30-32(37)34(39)33(38)31-36)29-27-25-23-21-19-17-15-13-11-9-7-5-2;/h32-34,36-39H,4-31H2,1-3H3;1H/q+1;/p-1/t32-,33-,34+;/m1./s1. The summed E-state index contributed by atoms with van der Waals surface area (Å²) in [4.78, 5) is 0. The summed E-state index contributed by atoms with van der Waals surface area (Å²) in [6.45, 7) is 6.43. The molecule has 0 aromatic carbocycles. The zero-order valence-electron chi connectivity index (χ0n) is 27.1. The molecule has 0 saturated carbocycles. The summed E-state index contributed by atoms with van der Waals surface area (Å²) in [6.07, 6.45) is 28.3. The van der Waals surface area contributed by atoms with Crippen molar-refractivity contribution in [3.63, 3.8) is 0 Å². The Hall–Kier alpha value is 0.0900. The van der Waals surface area contributed by atoms with Crippen LogP contribution in [-0.2, 0) is 0 Å².